The molecule has 120 valence electrons. The van der Waals surface area contributed by atoms with E-state index >= 15 is 0 Å². The third-order valence-corrected chi connectivity index (χ3v) is 3.32. The lowest BCUT2D eigenvalue weighted by atomic mass is 10.1. The molecule has 0 bridgehead atoms. The topological polar surface area (TPSA) is 47.6 Å². The molecule has 0 unspecified atom stereocenters. The summed E-state index contributed by atoms with van der Waals surface area (Å²) in [7, 11) is 0. The lowest BCUT2D eigenvalue weighted by Gasteiger charge is -2.17. The maximum Gasteiger partial charge on any atom is 0.338 e. The number of rotatable bonds is 7. The van der Waals surface area contributed by atoms with Crippen LogP contribution in [0.2, 0.25) is 0 Å². The Kier molecular flexibility index (Phi) is 5.80. The lowest BCUT2D eigenvalue weighted by molar-refractivity contribution is 0.0525. The van der Waals surface area contributed by atoms with Crippen LogP contribution >= 0.6 is 0 Å². The van der Waals surface area contributed by atoms with E-state index in [1.807, 2.05) is 37.3 Å². The van der Waals surface area contributed by atoms with Crippen LogP contribution in [0.25, 0.3) is 0 Å². The Morgan fingerprint density at radius 1 is 1.22 bits per heavy atom. The van der Waals surface area contributed by atoms with Crippen molar-refractivity contribution in [3.8, 4) is 5.75 Å². The number of benzene rings is 2. The molecule has 0 heterocycles. The van der Waals surface area contributed by atoms with Crippen molar-refractivity contribution in [3.63, 3.8) is 0 Å². The van der Waals surface area contributed by atoms with Gasteiger partial charge in [-0.05, 0) is 43.7 Å². The standard InChI is InChI=1S/C19H21NO3/c1-4-13-23-17-12-11-16(19(21)22-5-2)14(3)18(17)20-15-9-7-6-8-10-15/h4,6-12,20H,1,5,13H2,2-3H3. The van der Waals surface area contributed by atoms with E-state index in [9.17, 15) is 4.79 Å². The summed E-state index contributed by atoms with van der Waals surface area (Å²) in [6.07, 6.45) is 1.68. The van der Waals surface area contributed by atoms with E-state index in [2.05, 4.69) is 11.9 Å². The predicted octanol–water partition coefficient (Wildman–Crippen LogP) is 4.48. The molecule has 0 amide bonds. The van der Waals surface area contributed by atoms with Gasteiger partial charge in [-0.15, -0.1) is 0 Å². The largest absolute Gasteiger partial charge is 0.487 e. The number of hydrogen-bond acceptors (Lipinski definition) is 4. The lowest BCUT2D eigenvalue weighted by Crippen LogP contribution is -2.09. The highest BCUT2D eigenvalue weighted by molar-refractivity contribution is 5.94. The van der Waals surface area contributed by atoms with Gasteiger partial charge >= 0.3 is 5.97 Å². The number of anilines is 2. The molecule has 0 fully saturated rings. The molecule has 2 rings (SSSR count). The Morgan fingerprint density at radius 2 is 1.96 bits per heavy atom. The van der Waals surface area contributed by atoms with E-state index in [1.54, 1.807) is 25.1 Å². The molecule has 0 aliphatic carbocycles. The van der Waals surface area contributed by atoms with Gasteiger partial charge in [-0.3, -0.25) is 0 Å². The van der Waals surface area contributed by atoms with Crippen molar-refractivity contribution < 1.29 is 14.3 Å². The first-order chi connectivity index (χ1) is 11.2. The Hall–Kier alpha value is -2.75. The van der Waals surface area contributed by atoms with Crippen LogP contribution in [-0.4, -0.2) is 19.2 Å². The molecule has 2 aromatic rings. The summed E-state index contributed by atoms with van der Waals surface area (Å²) in [4.78, 5) is 12.1. The summed E-state index contributed by atoms with van der Waals surface area (Å²) >= 11 is 0. The molecule has 0 aromatic heterocycles. The summed E-state index contributed by atoms with van der Waals surface area (Å²) in [6.45, 7) is 8.06. The van der Waals surface area contributed by atoms with Crippen LogP contribution in [0.15, 0.2) is 55.1 Å². The summed E-state index contributed by atoms with van der Waals surface area (Å²) < 4.78 is 10.8. The second-order valence-corrected chi connectivity index (χ2v) is 4.92. The molecular weight excluding hydrogens is 290 g/mol. The normalized spacial score (nSPS) is 10.0. The summed E-state index contributed by atoms with van der Waals surface area (Å²) in [6, 6.07) is 13.2. The first kappa shape index (κ1) is 16.6. The average Bonchev–Trinajstić information content (AvgIpc) is 2.56. The first-order valence-electron chi connectivity index (χ1n) is 7.53. The minimum atomic E-state index is -0.337. The fourth-order valence-corrected chi connectivity index (χ4v) is 2.21. The van der Waals surface area contributed by atoms with Gasteiger partial charge in [-0.1, -0.05) is 30.9 Å². The predicted molar refractivity (Wildman–Crippen MR) is 92.6 cm³/mol. The maximum atomic E-state index is 12.1. The number of nitrogens with one attached hydrogen (secondary N) is 1. The van der Waals surface area contributed by atoms with E-state index in [-0.39, 0.29) is 5.97 Å². The van der Waals surface area contributed by atoms with Crippen LogP contribution in [0, 0.1) is 6.92 Å². The molecule has 0 saturated heterocycles. The summed E-state index contributed by atoms with van der Waals surface area (Å²) in [5.41, 5.74) is 2.98. The Labute approximate surface area is 136 Å². The van der Waals surface area contributed by atoms with Gasteiger partial charge in [0.15, 0.2) is 0 Å². The maximum absolute atomic E-state index is 12.1. The molecule has 0 radical (unpaired) electrons. The highest BCUT2D eigenvalue weighted by Gasteiger charge is 2.17. The molecule has 4 heteroatoms. The van der Waals surface area contributed by atoms with Crippen LogP contribution in [-0.2, 0) is 4.74 Å². The average molecular weight is 311 g/mol. The Balaban J connectivity index is 2.42. The fraction of sp³-hybridized carbons (Fsp3) is 0.211. The monoisotopic (exact) mass is 311 g/mol. The molecule has 4 nitrogen and oxygen atoms in total. The van der Waals surface area contributed by atoms with Gasteiger partial charge < -0.3 is 14.8 Å². The molecule has 0 aliphatic rings. The van der Waals surface area contributed by atoms with Gasteiger partial charge in [0, 0.05) is 5.69 Å². The third-order valence-electron chi connectivity index (χ3n) is 3.32. The van der Waals surface area contributed by atoms with E-state index in [4.69, 9.17) is 9.47 Å². The number of ether oxygens (including phenoxy) is 2. The third kappa shape index (κ3) is 4.13. The number of esters is 1. The van der Waals surface area contributed by atoms with Gasteiger partial charge in [-0.2, -0.15) is 0 Å². The second-order valence-electron chi connectivity index (χ2n) is 4.92. The molecule has 0 aliphatic heterocycles. The van der Waals surface area contributed by atoms with Crippen LogP contribution in [0.3, 0.4) is 0 Å². The van der Waals surface area contributed by atoms with Crippen molar-refractivity contribution in [2.75, 3.05) is 18.5 Å². The van der Waals surface area contributed by atoms with E-state index in [0.717, 1.165) is 16.9 Å². The SMILES string of the molecule is C=CCOc1ccc(C(=O)OCC)c(C)c1Nc1ccccc1. The van der Waals surface area contributed by atoms with Gasteiger partial charge in [0.05, 0.1) is 17.9 Å². The minimum absolute atomic E-state index is 0.337. The van der Waals surface area contributed by atoms with Crippen LogP contribution in [0.4, 0.5) is 11.4 Å². The minimum Gasteiger partial charge on any atom is -0.487 e. The van der Waals surface area contributed by atoms with Crippen LogP contribution in [0.5, 0.6) is 5.75 Å². The number of carbonyl (C=O) groups excluding carboxylic acids is 1. The fourth-order valence-electron chi connectivity index (χ4n) is 2.21. The highest BCUT2D eigenvalue weighted by Crippen LogP contribution is 2.33. The van der Waals surface area contributed by atoms with Gasteiger partial charge in [0.1, 0.15) is 12.4 Å². The van der Waals surface area contributed by atoms with Gasteiger partial charge in [0.25, 0.3) is 0 Å². The van der Waals surface area contributed by atoms with Gasteiger partial charge in [0.2, 0.25) is 0 Å². The summed E-state index contributed by atoms with van der Waals surface area (Å²) in [5, 5.41) is 3.32. The highest BCUT2D eigenvalue weighted by atomic mass is 16.5. The molecule has 0 atom stereocenters. The molecule has 2 aromatic carbocycles. The van der Waals surface area contributed by atoms with Crippen molar-refractivity contribution >= 4 is 17.3 Å². The number of para-hydroxylation sites is 1. The zero-order valence-electron chi connectivity index (χ0n) is 13.5. The van der Waals surface area contributed by atoms with Crippen LogP contribution in [0.1, 0.15) is 22.8 Å². The molecule has 0 saturated carbocycles. The van der Waals surface area contributed by atoms with Crippen molar-refractivity contribution in [1.29, 1.82) is 0 Å². The molecular formula is C19H21NO3. The van der Waals surface area contributed by atoms with Crippen molar-refractivity contribution in [1.82, 2.24) is 0 Å². The van der Waals surface area contributed by atoms with E-state index in [0.29, 0.717) is 24.5 Å². The quantitative estimate of drug-likeness (QED) is 0.605. The van der Waals surface area contributed by atoms with Crippen LogP contribution < -0.4 is 10.1 Å². The Bertz CT molecular complexity index is 681. The first-order valence-corrected chi connectivity index (χ1v) is 7.53. The smallest absolute Gasteiger partial charge is 0.338 e. The number of carbonyl (C=O) groups is 1. The van der Waals surface area contributed by atoms with Crippen molar-refractivity contribution in [2.24, 2.45) is 0 Å². The Morgan fingerprint density at radius 3 is 2.61 bits per heavy atom. The second kappa shape index (κ2) is 8.03. The zero-order chi connectivity index (χ0) is 16.7. The molecule has 23 heavy (non-hydrogen) atoms. The van der Waals surface area contributed by atoms with E-state index in [1.165, 1.54) is 0 Å². The van der Waals surface area contributed by atoms with E-state index < -0.39 is 0 Å². The number of hydrogen-bond donors (Lipinski definition) is 1. The molecule has 1 N–H and O–H groups in total. The zero-order valence-corrected chi connectivity index (χ0v) is 13.5. The van der Waals surface area contributed by atoms with Crippen molar-refractivity contribution in [2.45, 2.75) is 13.8 Å². The summed E-state index contributed by atoms with van der Waals surface area (Å²) in [5.74, 6) is 0.329. The molecule has 0 spiro atoms. The van der Waals surface area contributed by atoms with Crippen molar-refractivity contribution in [3.05, 3.63) is 66.2 Å². The van der Waals surface area contributed by atoms with Gasteiger partial charge in [-0.25, -0.2) is 4.79 Å².